The molecule has 0 spiro atoms. The number of benzene rings is 1. The number of carbonyl (C=O) groups excluding carboxylic acids is 12. The first-order valence-corrected chi connectivity index (χ1v) is 24.5. The van der Waals surface area contributed by atoms with Gasteiger partial charge in [-0.3, -0.25) is 57.5 Å². The number of amides is 12. The molecule has 2 fully saturated rings. The van der Waals surface area contributed by atoms with Gasteiger partial charge in [0.05, 0.1) is 25.9 Å². The van der Waals surface area contributed by atoms with Crippen LogP contribution in [0.2, 0.25) is 0 Å². The van der Waals surface area contributed by atoms with Gasteiger partial charge in [0.1, 0.15) is 48.0 Å². The van der Waals surface area contributed by atoms with E-state index in [0.29, 0.717) is 24.3 Å². The van der Waals surface area contributed by atoms with Crippen molar-refractivity contribution in [1.29, 1.82) is 0 Å². The van der Waals surface area contributed by atoms with Crippen molar-refractivity contribution in [2.45, 2.75) is 165 Å². The van der Waals surface area contributed by atoms with Gasteiger partial charge in [-0.1, -0.05) is 64.5 Å². The van der Waals surface area contributed by atoms with Crippen LogP contribution in [0.25, 0.3) is 0 Å². The molecule has 0 aliphatic carbocycles. The maximum Gasteiger partial charge on any atom is 0.245 e. The molecule has 12 amide bonds. The van der Waals surface area contributed by atoms with Crippen LogP contribution >= 0.6 is 0 Å². The van der Waals surface area contributed by atoms with Gasteiger partial charge in [0, 0.05) is 31.8 Å². The van der Waals surface area contributed by atoms with Gasteiger partial charge in [-0.05, 0) is 49.3 Å². The number of hydrogen-bond acceptors (Lipinski definition) is 14. The highest BCUT2D eigenvalue weighted by Crippen LogP contribution is 2.22. The number of carbonyl (C=O) groups is 12. The fourth-order valence-corrected chi connectivity index (χ4v) is 8.32. The van der Waals surface area contributed by atoms with Crippen molar-refractivity contribution in [2.24, 2.45) is 28.9 Å². The number of rotatable bonds is 20. The predicted molar refractivity (Wildman–Crippen MR) is 259 cm³/mol. The molecule has 3 rings (SSSR count). The second-order valence-electron chi connectivity index (χ2n) is 18.6. The first-order chi connectivity index (χ1) is 34.5. The van der Waals surface area contributed by atoms with E-state index in [0.717, 1.165) is 32.1 Å². The molecule has 1 unspecified atom stereocenters. The molecule has 2 heterocycles. The predicted octanol–water partition coefficient (Wildman–Crippen LogP) is -4.01. The van der Waals surface area contributed by atoms with Gasteiger partial charge in [-0.25, -0.2) is 0 Å². The summed E-state index contributed by atoms with van der Waals surface area (Å²) in [5.74, 6) is -12.2. The SMILES string of the molecule is CCC(C)CCCCCC[C@@H]1CC(=O)N2CCC[C@@H]2C(=O)N[C@@H](CC(N)=O)C(=O)N[C@@H](CO)C(=O)N[C@@H](CCC(N)=O)C(=O)N[C@@H](CC(N)=O)C(=O)N[C@H](Cc2ccc(O)cc2)C(=O)N[C@@H](CC(N)=O)C(=O)N1. The van der Waals surface area contributed by atoms with E-state index in [2.05, 4.69) is 51.1 Å². The Bertz CT molecular complexity index is 2160. The van der Waals surface area contributed by atoms with Gasteiger partial charge in [-0.15, -0.1) is 0 Å². The largest absolute Gasteiger partial charge is 0.508 e. The lowest BCUT2D eigenvalue weighted by atomic mass is 9.98. The van der Waals surface area contributed by atoms with Crippen LogP contribution in [0.5, 0.6) is 5.75 Å². The molecule has 9 atom stereocenters. The van der Waals surface area contributed by atoms with E-state index in [1.165, 1.54) is 29.2 Å². The summed E-state index contributed by atoms with van der Waals surface area (Å²) in [6.07, 6.45) is 1.45. The highest BCUT2D eigenvalue weighted by atomic mass is 16.3. The van der Waals surface area contributed by atoms with Crippen molar-refractivity contribution < 1.29 is 67.7 Å². The smallest absolute Gasteiger partial charge is 0.245 e. The van der Waals surface area contributed by atoms with Crippen molar-refractivity contribution in [3.63, 3.8) is 0 Å². The number of unbranched alkanes of at least 4 members (excludes halogenated alkanes) is 3. The summed E-state index contributed by atoms with van der Waals surface area (Å²) in [4.78, 5) is 162. The third-order valence-electron chi connectivity index (χ3n) is 12.6. The Morgan fingerprint density at radius 1 is 0.603 bits per heavy atom. The number of nitrogens with two attached hydrogens (primary N) is 4. The average molecular weight is 1030 g/mol. The van der Waals surface area contributed by atoms with Crippen molar-refractivity contribution in [1.82, 2.24) is 42.1 Å². The number of aliphatic hydroxyl groups excluding tert-OH is 1. The highest BCUT2D eigenvalue weighted by Gasteiger charge is 2.39. The standard InChI is InChI=1S/C47H72N12O14/c1-3-25(2)9-6-4-5-7-10-27-20-40(66)59-18-8-11-35(59)47(73)57-33(23-39(51)65)45(71)58-34(24-60)46(72)53-29(16-17-36(48)62)41(67)55-32(22-38(50)64)44(70)54-30(19-26-12-14-28(61)15-13-26)43(69)56-31(21-37(49)63)42(68)52-27/h12-15,25,27,29-35,60-61H,3-11,16-24H2,1-2H3,(H2,48,62)(H2,49,63)(H2,50,64)(H2,51,65)(H,52,68)(H,53,72)(H,54,70)(H,55,67)(H,56,69)(H,57,73)(H,58,71)/t25?,27-,29+,30-,31+,32+,33+,34+,35-/m1/s1. The Hall–Kier alpha value is -7.38. The molecule has 17 N–H and O–H groups in total. The average Bonchev–Trinajstić information content (AvgIpc) is 3.82. The Balaban J connectivity index is 2.16. The van der Waals surface area contributed by atoms with Crippen LogP contribution in [-0.4, -0.2) is 147 Å². The molecule has 2 aliphatic heterocycles. The molecule has 0 radical (unpaired) electrons. The van der Waals surface area contributed by atoms with E-state index in [9.17, 15) is 67.7 Å². The van der Waals surface area contributed by atoms with E-state index in [1.54, 1.807) is 0 Å². The van der Waals surface area contributed by atoms with Crippen molar-refractivity contribution in [3.05, 3.63) is 29.8 Å². The monoisotopic (exact) mass is 1030 g/mol. The van der Waals surface area contributed by atoms with Crippen molar-refractivity contribution in [3.8, 4) is 5.75 Å². The number of nitrogens with one attached hydrogen (secondary N) is 7. The van der Waals surface area contributed by atoms with Gasteiger partial charge < -0.3 is 75.3 Å². The molecule has 26 heteroatoms. The van der Waals surface area contributed by atoms with Crippen molar-refractivity contribution in [2.75, 3.05) is 13.2 Å². The lowest BCUT2D eigenvalue weighted by Crippen LogP contribution is -2.61. The van der Waals surface area contributed by atoms with Gasteiger partial charge in [0.15, 0.2) is 0 Å². The van der Waals surface area contributed by atoms with Crippen LogP contribution in [0.1, 0.15) is 116 Å². The van der Waals surface area contributed by atoms with Gasteiger partial charge in [0.25, 0.3) is 0 Å². The molecular formula is C47H72N12O14. The molecule has 1 aromatic rings. The van der Waals surface area contributed by atoms with E-state index in [-0.39, 0.29) is 38.0 Å². The molecule has 73 heavy (non-hydrogen) atoms. The van der Waals surface area contributed by atoms with E-state index in [1.807, 2.05) is 0 Å². The molecule has 0 aromatic heterocycles. The van der Waals surface area contributed by atoms with Crippen LogP contribution < -0.4 is 60.2 Å². The fourth-order valence-electron chi connectivity index (χ4n) is 8.32. The minimum atomic E-state index is -1.90. The van der Waals surface area contributed by atoms with Crippen LogP contribution in [0.4, 0.5) is 0 Å². The van der Waals surface area contributed by atoms with Gasteiger partial charge >= 0.3 is 0 Å². The number of aromatic hydroxyl groups is 1. The number of hydrogen-bond donors (Lipinski definition) is 13. The first kappa shape index (κ1) is 59.9. The summed E-state index contributed by atoms with van der Waals surface area (Å²) in [7, 11) is 0. The summed E-state index contributed by atoms with van der Waals surface area (Å²) >= 11 is 0. The number of phenolic OH excluding ortho intramolecular Hbond substituents is 1. The molecule has 0 bridgehead atoms. The Labute approximate surface area is 422 Å². The topological polar surface area (TPSA) is 437 Å². The Kier molecular flexibility index (Phi) is 24.5. The van der Waals surface area contributed by atoms with Crippen molar-refractivity contribution >= 4 is 70.9 Å². The maximum atomic E-state index is 14.3. The number of nitrogens with zero attached hydrogens (tertiary/aromatic N) is 1. The summed E-state index contributed by atoms with van der Waals surface area (Å²) < 4.78 is 0. The van der Waals surface area contributed by atoms with Crippen LogP contribution in [0.3, 0.4) is 0 Å². The molecule has 2 aliphatic rings. The zero-order valence-electron chi connectivity index (χ0n) is 41.3. The third-order valence-corrected chi connectivity index (χ3v) is 12.6. The number of fused-ring (bicyclic) bond motifs is 1. The fraction of sp³-hybridized carbons (Fsp3) is 0.617. The van der Waals surface area contributed by atoms with Crippen LogP contribution in [0.15, 0.2) is 24.3 Å². The zero-order valence-corrected chi connectivity index (χ0v) is 41.3. The van der Waals surface area contributed by atoms with Gasteiger partial charge in [0.2, 0.25) is 70.9 Å². The molecule has 404 valence electrons. The quantitative estimate of drug-likeness (QED) is 0.0554. The zero-order chi connectivity index (χ0) is 54.4. The second-order valence-corrected chi connectivity index (χ2v) is 18.6. The van der Waals surface area contributed by atoms with Crippen LogP contribution in [0, 0.1) is 5.92 Å². The Morgan fingerprint density at radius 2 is 1.07 bits per heavy atom. The van der Waals surface area contributed by atoms with E-state index < -0.39 is 158 Å². The summed E-state index contributed by atoms with van der Waals surface area (Å²) in [5.41, 5.74) is 22.1. The molecule has 1 aromatic carbocycles. The summed E-state index contributed by atoms with van der Waals surface area (Å²) in [5, 5.41) is 36.8. The molecule has 0 saturated carbocycles. The molecule has 26 nitrogen and oxygen atoms in total. The second kappa shape index (κ2) is 29.8. The highest BCUT2D eigenvalue weighted by molar-refractivity contribution is 6.00. The number of primary amides is 4. The minimum absolute atomic E-state index is 0.0753. The maximum absolute atomic E-state index is 14.3. The lowest BCUT2D eigenvalue weighted by molar-refractivity contribution is -0.141. The van der Waals surface area contributed by atoms with Gasteiger partial charge in [-0.2, -0.15) is 0 Å². The number of phenols is 1. The number of aliphatic hydroxyl groups is 1. The summed E-state index contributed by atoms with van der Waals surface area (Å²) in [6.45, 7) is 3.20. The first-order valence-electron chi connectivity index (χ1n) is 24.5. The Morgan fingerprint density at radius 3 is 1.60 bits per heavy atom. The third kappa shape index (κ3) is 20.7. The molecular weight excluding hydrogens is 957 g/mol. The van der Waals surface area contributed by atoms with Crippen LogP contribution in [-0.2, 0) is 64.0 Å². The minimum Gasteiger partial charge on any atom is -0.508 e. The van der Waals surface area contributed by atoms with E-state index in [4.69, 9.17) is 22.9 Å². The summed E-state index contributed by atoms with van der Waals surface area (Å²) in [6, 6.07) is -7.44. The molecule has 2 saturated heterocycles. The lowest BCUT2D eigenvalue weighted by Gasteiger charge is -2.29. The normalized spacial score (nSPS) is 24.7. The van der Waals surface area contributed by atoms with E-state index >= 15 is 0 Å².